The van der Waals surface area contributed by atoms with E-state index in [1.54, 1.807) is 13.2 Å². The third kappa shape index (κ3) is 3.47. The van der Waals surface area contributed by atoms with Crippen LogP contribution in [0.2, 0.25) is 0 Å². The van der Waals surface area contributed by atoms with E-state index in [1.807, 2.05) is 19.9 Å². The van der Waals surface area contributed by atoms with Crippen molar-refractivity contribution in [1.29, 1.82) is 0 Å². The van der Waals surface area contributed by atoms with E-state index in [0.29, 0.717) is 17.4 Å². The van der Waals surface area contributed by atoms with Crippen molar-refractivity contribution < 1.29 is 9.13 Å². The summed E-state index contributed by atoms with van der Waals surface area (Å²) in [7, 11) is 1.61. The number of benzene rings is 1. The van der Waals surface area contributed by atoms with E-state index in [4.69, 9.17) is 4.74 Å². The van der Waals surface area contributed by atoms with Crippen LogP contribution in [0, 0.1) is 5.82 Å². The van der Waals surface area contributed by atoms with E-state index < -0.39 is 0 Å². The van der Waals surface area contributed by atoms with Crippen LogP contribution in [-0.2, 0) is 6.42 Å². The first-order valence-corrected chi connectivity index (χ1v) is 7.21. The fourth-order valence-corrected chi connectivity index (χ4v) is 2.88. The minimum Gasteiger partial charge on any atom is -0.496 e. The molecule has 1 saturated heterocycles. The molecule has 1 N–H and O–H groups in total. The zero-order valence-corrected chi connectivity index (χ0v) is 12.1. The Morgan fingerprint density at radius 2 is 2.16 bits per heavy atom. The van der Waals surface area contributed by atoms with Gasteiger partial charge < -0.3 is 10.1 Å². The van der Waals surface area contributed by atoms with Crippen molar-refractivity contribution >= 4 is 0 Å². The number of ether oxygens (including phenoxy) is 1. The van der Waals surface area contributed by atoms with Gasteiger partial charge in [0.05, 0.1) is 7.11 Å². The van der Waals surface area contributed by atoms with Crippen molar-refractivity contribution in [2.45, 2.75) is 51.5 Å². The molecule has 1 heterocycles. The first-order chi connectivity index (χ1) is 9.11. The summed E-state index contributed by atoms with van der Waals surface area (Å²) in [6.07, 6.45) is 4.57. The Hall–Kier alpha value is -1.09. The SMILES string of the molecule is COc1cc(CC2CCCCN2)cc(F)c1C(C)C. The molecule has 3 heteroatoms. The van der Waals surface area contributed by atoms with E-state index >= 15 is 0 Å². The summed E-state index contributed by atoms with van der Waals surface area (Å²) in [5.41, 5.74) is 1.71. The third-order valence-corrected chi connectivity index (χ3v) is 3.84. The molecule has 0 aromatic heterocycles. The molecule has 1 unspecified atom stereocenters. The number of piperidine rings is 1. The van der Waals surface area contributed by atoms with Gasteiger partial charge >= 0.3 is 0 Å². The summed E-state index contributed by atoms with van der Waals surface area (Å²) >= 11 is 0. The summed E-state index contributed by atoms with van der Waals surface area (Å²) in [4.78, 5) is 0. The van der Waals surface area contributed by atoms with Crippen LogP contribution >= 0.6 is 0 Å². The number of hydrogen-bond donors (Lipinski definition) is 1. The molecule has 2 nitrogen and oxygen atoms in total. The molecule has 1 aliphatic rings. The van der Waals surface area contributed by atoms with Gasteiger partial charge in [0.25, 0.3) is 0 Å². The monoisotopic (exact) mass is 265 g/mol. The quantitative estimate of drug-likeness (QED) is 0.897. The van der Waals surface area contributed by atoms with Gasteiger partial charge in [-0.15, -0.1) is 0 Å². The van der Waals surface area contributed by atoms with Gasteiger partial charge in [-0.3, -0.25) is 0 Å². The van der Waals surface area contributed by atoms with Gasteiger partial charge in [0.1, 0.15) is 11.6 Å². The van der Waals surface area contributed by atoms with E-state index in [9.17, 15) is 4.39 Å². The number of nitrogens with one attached hydrogen (secondary N) is 1. The minimum atomic E-state index is -0.139. The molecular formula is C16H24FNO. The van der Waals surface area contributed by atoms with E-state index in [1.165, 1.54) is 19.3 Å². The van der Waals surface area contributed by atoms with Crippen LogP contribution in [0.4, 0.5) is 4.39 Å². The average Bonchev–Trinajstić information content (AvgIpc) is 2.38. The maximum atomic E-state index is 14.2. The lowest BCUT2D eigenvalue weighted by Crippen LogP contribution is -2.35. The van der Waals surface area contributed by atoms with Crippen molar-refractivity contribution in [1.82, 2.24) is 5.32 Å². The first-order valence-electron chi connectivity index (χ1n) is 7.21. The molecule has 1 aromatic carbocycles. The lowest BCUT2D eigenvalue weighted by Gasteiger charge is -2.24. The predicted molar refractivity (Wildman–Crippen MR) is 76.4 cm³/mol. The molecule has 1 aromatic rings. The molecule has 1 fully saturated rings. The van der Waals surface area contributed by atoms with Crippen molar-refractivity contribution in [2.75, 3.05) is 13.7 Å². The van der Waals surface area contributed by atoms with Gasteiger partial charge in [-0.1, -0.05) is 20.3 Å². The largest absolute Gasteiger partial charge is 0.496 e. The predicted octanol–water partition coefficient (Wildman–Crippen LogP) is 3.64. The zero-order valence-electron chi connectivity index (χ0n) is 12.1. The second-order valence-corrected chi connectivity index (χ2v) is 5.70. The molecule has 2 rings (SSSR count). The van der Waals surface area contributed by atoms with E-state index in [-0.39, 0.29) is 11.7 Å². The summed E-state index contributed by atoms with van der Waals surface area (Å²) < 4.78 is 19.6. The topological polar surface area (TPSA) is 21.3 Å². The number of methoxy groups -OCH3 is 1. The molecule has 1 aliphatic heterocycles. The molecule has 0 aliphatic carbocycles. The average molecular weight is 265 g/mol. The van der Waals surface area contributed by atoms with E-state index in [0.717, 1.165) is 18.5 Å². The lowest BCUT2D eigenvalue weighted by molar-refractivity contribution is 0.391. The van der Waals surface area contributed by atoms with Crippen LogP contribution in [0.3, 0.4) is 0 Å². The molecular weight excluding hydrogens is 241 g/mol. The molecule has 0 spiro atoms. The van der Waals surface area contributed by atoms with Gasteiger partial charge in [0.15, 0.2) is 0 Å². The summed E-state index contributed by atoms with van der Waals surface area (Å²) in [5, 5.41) is 3.50. The molecule has 1 atom stereocenters. The Morgan fingerprint density at radius 1 is 1.37 bits per heavy atom. The minimum absolute atomic E-state index is 0.136. The maximum Gasteiger partial charge on any atom is 0.130 e. The normalized spacial score (nSPS) is 19.7. The smallest absolute Gasteiger partial charge is 0.130 e. The third-order valence-electron chi connectivity index (χ3n) is 3.84. The Bertz CT molecular complexity index is 425. The molecule has 0 amide bonds. The van der Waals surface area contributed by atoms with Crippen LogP contribution in [0.1, 0.15) is 50.2 Å². The summed E-state index contributed by atoms with van der Waals surface area (Å²) in [5.74, 6) is 0.678. The van der Waals surface area contributed by atoms with E-state index in [2.05, 4.69) is 5.32 Å². The molecule has 0 saturated carbocycles. The molecule has 19 heavy (non-hydrogen) atoms. The Morgan fingerprint density at radius 3 is 2.74 bits per heavy atom. The van der Waals surface area contributed by atoms with Crippen molar-refractivity contribution in [3.05, 3.63) is 29.1 Å². The standard InChI is InChI=1S/C16H24FNO/c1-11(2)16-14(17)9-12(10-15(16)19-3)8-13-6-4-5-7-18-13/h9-11,13,18H,4-8H2,1-3H3. The van der Waals surface area contributed by atoms with Crippen LogP contribution in [-0.4, -0.2) is 19.7 Å². The Balaban J connectivity index is 2.19. The Kier molecular flexibility index (Phi) is 4.81. The fourth-order valence-electron chi connectivity index (χ4n) is 2.88. The molecule has 106 valence electrons. The van der Waals surface area contributed by atoms with Crippen LogP contribution in [0.25, 0.3) is 0 Å². The highest BCUT2D eigenvalue weighted by Gasteiger charge is 2.18. The van der Waals surface area contributed by atoms with Crippen LogP contribution < -0.4 is 10.1 Å². The van der Waals surface area contributed by atoms with Crippen molar-refractivity contribution in [3.8, 4) is 5.75 Å². The second kappa shape index (κ2) is 6.38. The molecule has 0 bridgehead atoms. The lowest BCUT2D eigenvalue weighted by atomic mass is 9.94. The van der Waals surface area contributed by atoms with Gasteiger partial charge in [0, 0.05) is 11.6 Å². The fraction of sp³-hybridized carbons (Fsp3) is 0.625. The Labute approximate surface area is 115 Å². The maximum absolute atomic E-state index is 14.2. The van der Waals surface area contributed by atoms with Gasteiger partial charge in [-0.25, -0.2) is 4.39 Å². The second-order valence-electron chi connectivity index (χ2n) is 5.70. The number of halogens is 1. The van der Waals surface area contributed by atoms with Crippen molar-refractivity contribution in [2.24, 2.45) is 0 Å². The van der Waals surface area contributed by atoms with Crippen LogP contribution in [0.5, 0.6) is 5.75 Å². The highest BCUT2D eigenvalue weighted by atomic mass is 19.1. The van der Waals surface area contributed by atoms with Gasteiger partial charge in [0.2, 0.25) is 0 Å². The van der Waals surface area contributed by atoms with Gasteiger partial charge in [-0.2, -0.15) is 0 Å². The highest BCUT2D eigenvalue weighted by molar-refractivity contribution is 5.41. The number of hydrogen-bond acceptors (Lipinski definition) is 2. The zero-order chi connectivity index (χ0) is 13.8. The highest BCUT2D eigenvalue weighted by Crippen LogP contribution is 2.31. The van der Waals surface area contributed by atoms with Crippen LogP contribution in [0.15, 0.2) is 12.1 Å². The number of rotatable bonds is 4. The molecule has 0 radical (unpaired) electrons. The summed E-state index contributed by atoms with van der Waals surface area (Å²) in [6, 6.07) is 4.14. The van der Waals surface area contributed by atoms with Crippen molar-refractivity contribution in [3.63, 3.8) is 0 Å². The first kappa shape index (κ1) is 14.3. The van der Waals surface area contributed by atoms with Gasteiger partial charge in [-0.05, 0) is 49.4 Å². The summed E-state index contributed by atoms with van der Waals surface area (Å²) in [6.45, 7) is 5.06.